The lowest BCUT2D eigenvalue weighted by atomic mass is 10.1. The van der Waals surface area contributed by atoms with Crippen LogP contribution in [-0.2, 0) is 6.54 Å². The molecule has 0 radical (unpaired) electrons. The molecule has 0 aliphatic carbocycles. The SMILES string of the molecule is CCCC(C)Cn1ccc(C(N)CC)c1. The summed E-state index contributed by atoms with van der Waals surface area (Å²) in [7, 11) is 0. The highest BCUT2D eigenvalue weighted by molar-refractivity contribution is 5.14. The first-order chi connectivity index (χ1) is 7.17. The molecule has 1 heterocycles. The van der Waals surface area contributed by atoms with Crippen molar-refractivity contribution in [3.8, 4) is 0 Å². The van der Waals surface area contributed by atoms with Gasteiger partial charge >= 0.3 is 0 Å². The summed E-state index contributed by atoms with van der Waals surface area (Å²) in [6.45, 7) is 7.79. The Labute approximate surface area is 93.5 Å². The maximum atomic E-state index is 5.98. The number of nitrogens with zero attached hydrogens (tertiary/aromatic N) is 1. The highest BCUT2D eigenvalue weighted by Crippen LogP contribution is 2.15. The van der Waals surface area contributed by atoms with Crippen LogP contribution in [0.3, 0.4) is 0 Å². The lowest BCUT2D eigenvalue weighted by Gasteiger charge is -2.11. The van der Waals surface area contributed by atoms with Crippen molar-refractivity contribution >= 4 is 0 Å². The molecular weight excluding hydrogens is 184 g/mol. The summed E-state index contributed by atoms with van der Waals surface area (Å²) in [4.78, 5) is 0. The van der Waals surface area contributed by atoms with Crippen molar-refractivity contribution in [3.63, 3.8) is 0 Å². The minimum absolute atomic E-state index is 0.202. The number of nitrogens with two attached hydrogens (primary N) is 1. The van der Waals surface area contributed by atoms with Crippen LogP contribution in [0.15, 0.2) is 18.5 Å². The van der Waals surface area contributed by atoms with E-state index in [0.717, 1.165) is 18.9 Å². The zero-order chi connectivity index (χ0) is 11.3. The van der Waals surface area contributed by atoms with Gasteiger partial charge in [-0.3, -0.25) is 0 Å². The molecule has 2 nitrogen and oxygen atoms in total. The van der Waals surface area contributed by atoms with Crippen LogP contribution in [0.1, 0.15) is 51.6 Å². The van der Waals surface area contributed by atoms with Crippen LogP contribution in [0.5, 0.6) is 0 Å². The minimum atomic E-state index is 0.202. The smallest absolute Gasteiger partial charge is 0.0307 e. The first-order valence-electron chi connectivity index (χ1n) is 6.08. The van der Waals surface area contributed by atoms with Gasteiger partial charge < -0.3 is 10.3 Å². The summed E-state index contributed by atoms with van der Waals surface area (Å²) in [5, 5.41) is 0. The molecule has 2 N–H and O–H groups in total. The molecule has 0 aliphatic rings. The van der Waals surface area contributed by atoms with Crippen molar-refractivity contribution in [2.45, 2.75) is 52.6 Å². The van der Waals surface area contributed by atoms with E-state index in [-0.39, 0.29) is 6.04 Å². The molecule has 1 aromatic heterocycles. The van der Waals surface area contributed by atoms with Crippen molar-refractivity contribution < 1.29 is 0 Å². The molecular formula is C13H24N2. The summed E-state index contributed by atoms with van der Waals surface area (Å²) in [6.07, 6.45) is 7.92. The van der Waals surface area contributed by atoms with E-state index in [1.807, 2.05) is 0 Å². The minimum Gasteiger partial charge on any atom is -0.354 e. The Kier molecular flexibility index (Phi) is 4.89. The van der Waals surface area contributed by atoms with Gasteiger partial charge in [-0.1, -0.05) is 27.2 Å². The molecule has 0 amide bonds. The fraction of sp³-hybridized carbons (Fsp3) is 0.692. The molecule has 0 fully saturated rings. The van der Waals surface area contributed by atoms with Gasteiger partial charge in [0.2, 0.25) is 0 Å². The Bertz CT molecular complexity index is 278. The molecule has 1 aromatic rings. The normalized spacial score (nSPS) is 15.2. The quantitative estimate of drug-likeness (QED) is 0.763. The summed E-state index contributed by atoms with van der Waals surface area (Å²) >= 11 is 0. The Hall–Kier alpha value is -0.760. The average molecular weight is 208 g/mol. The van der Waals surface area contributed by atoms with Crippen LogP contribution in [0, 0.1) is 5.92 Å². The largest absolute Gasteiger partial charge is 0.354 e. The summed E-state index contributed by atoms with van der Waals surface area (Å²) in [6, 6.07) is 2.35. The monoisotopic (exact) mass is 208 g/mol. The molecule has 2 unspecified atom stereocenters. The second kappa shape index (κ2) is 5.96. The van der Waals surface area contributed by atoms with E-state index in [0.29, 0.717) is 0 Å². The molecule has 2 atom stereocenters. The number of hydrogen-bond donors (Lipinski definition) is 1. The second-order valence-electron chi connectivity index (χ2n) is 4.55. The predicted molar refractivity (Wildman–Crippen MR) is 65.7 cm³/mol. The van der Waals surface area contributed by atoms with Gasteiger partial charge in [-0.05, 0) is 30.4 Å². The lowest BCUT2D eigenvalue weighted by Crippen LogP contribution is -2.08. The summed E-state index contributed by atoms with van der Waals surface area (Å²) in [5.74, 6) is 0.758. The lowest BCUT2D eigenvalue weighted by molar-refractivity contribution is 0.446. The average Bonchev–Trinajstić information content (AvgIpc) is 2.65. The van der Waals surface area contributed by atoms with Crippen LogP contribution < -0.4 is 5.73 Å². The van der Waals surface area contributed by atoms with Gasteiger partial charge in [-0.25, -0.2) is 0 Å². The molecule has 0 saturated carbocycles. The third-order valence-corrected chi connectivity index (χ3v) is 2.95. The summed E-state index contributed by atoms with van der Waals surface area (Å²) in [5.41, 5.74) is 7.25. The summed E-state index contributed by atoms with van der Waals surface area (Å²) < 4.78 is 2.27. The molecule has 1 rings (SSSR count). The molecule has 0 bridgehead atoms. The van der Waals surface area contributed by atoms with Crippen molar-refractivity contribution in [3.05, 3.63) is 24.0 Å². The maximum absolute atomic E-state index is 5.98. The van der Waals surface area contributed by atoms with Crippen molar-refractivity contribution in [1.82, 2.24) is 4.57 Å². The molecule has 15 heavy (non-hydrogen) atoms. The van der Waals surface area contributed by atoms with E-state index in [1.54, 1.807) is 0 Å². The number of hydrogen-bond acceptors (Lipinski definition) is 1. The Morgan fingerprint density at radius 3 is 2.73 bits per heavy atom. The molecule has 0 aliphatic heterocycles. The van der Waals surface area contributed by atoms with Gasteiger partial charge in [0.15, 0.2) is 0 Å². The second-order valence-corrected chi connectivity index (χ2v) is 4.55. The fourth-order valence-electron chi connectivity index (χ4n) is 1.97. The number of aromatic nitrogens is 1. The zero-order valence-electron chi connectivity index (χ0n) is 10.2. The van der Waals surface area contributed by atoms with E-state index in [2.05, 4.69) is 43.8 Å². The zero-order valence-corrected chi connectivity index (χ0v) is 10.2. The molecule has 86 valence electrons. The van der Waals surface area contributed by atoms with E-state index >= 15 is 0 Å². The van der Waals surface area contributed by atoms with Crippen LogP contribution in [0.25, 0.3) is 0 Å². The van der Waals surface area contributed by atoms with Gasteiger partial charge in [0, 0.05) is 25.0 Å². The van der Waals surface area contributed by atoms with Crippen LogP contribution in [-0.4, -0.2) is 4.57 Å². The van der Waals surface area contributed by atoms with Crippen LogP contribution in [0.4, 0.5) is 0 Å². The third-order valence-electron chi connectivity index (χ3n) is 2.95. The van der Waals surface area contributed by atoms with E-state index in [9.17, 15) is 0 Å². The van der Waals surface area contributed by atoms with E-state index in [1.165, 1.54) is 18.4 Å². The van der Waals surface area contributed by atoms with Gasteiger partial charge in [0.1, 0.15) is 0 Å². The maximum Gasteiger partial charge on any atom is 0.0307 e. The van der Waals surface area contributed by atoms with Crippen LogP contribution in [0.2, 0.25) is 0 Å². The molecule has 0 aromatic carbocycles. The van der Waals surface area contributed by atoms with Crippen LogP contribution >= 0.6 is 0 Å². The highest BCUT2D eigenvalue weighted by atomic mass is 14.9. The van der Waals surface area contributed by atoms with Crippen molar-refractivity contribution in [1.29, 1.82) is 0 Å². The van der Waals surface area contributed by atoms with Crippen molar-refractivity contribution in [2.75, 3.05) is 0 Å². The third kappa shape index (κ3) is 3.71. The van der Waals surface area contributed by atoms with Crippen molar-refractivity contribution in [2.24, 2.45) is 11.7 Å². The van der Waals surface area contributed by atoms with E-state index < -0.39 is 0 Å². The fourth-order valence-corrected chi connectivity index (χ4v) is 1.97. The van der Waals surface area contributed by atoms with Gasteiger partial charge in [0.05, 0.1) is 0 Å². The Morgan fingerprint density at radius 2 is 2.13 bits per heavy atom. The Balaban J connectivity index is 2.52. The first kappa shape index (κ1) is 12.3. The molecule has 2 heteroatoms. The highest BCUT2D eigenvalue weighted by Gasteiger charge is 2.06. The van der Waals surface area contributed by atoms with Gasteiger partial charge in [-0.2, -0.15) is 0 Å². The topological polar surface area (TPSA) is 30.9 Å². The van der Waals surface area contributed by atoms with E-state index in [4.69, 9.17) is 5.73 Å². The van der Waals surface area contributed by atoms with Gasteiger partial charge in [-0.15, -0.1) is 0 Å². The molecule has 0 spiro atoms. The van der Waals surface area contributed by atoms with Gasteiger partial charge in [0.25, 0.3) is 0 Å². The molecule has 0 saturated heterocycles. The standard InChI is InChI=1S/C13H24N2/c1-4-6-11(3)9-15-8-7-12(10-15)13(14)5-2/h7-8,10-11,13H,4-6,9,14H2,1-3H3. The Morgan fingerprint density at radius 1 is 1.40 bits per heavy atom. The number of rotatable bonds is 6. The first-order valence-corrected chi connectivity index (χ1v) is 6.08. The predicted octanol–water partition coefficient (Wildman–Crippen LogP) is 3.33.